The molecule has 1 heterocycles. The highest BCUT2D eigenvalue weighted by molar-refractivity contribution is 8.05. The molecule has 1 N–H and O–H groups in total. The number of methoxy groups -OCH3 is 1. The molecule has 182 valence electrons. The zero-order valence-corrected chi connectivity index (χ0v) is 21.2. The number of nitrogens with one attached hydrogen (secondary N) is 1. The molecule has 1 aliphatic rings. The first-order valence-corrected chi connectivity index (χ1v) is 12.5. The Bertz CT molecular complexity index is 1310. The Morgan fingerprint density at radius 2 is 1.75 bits per heavy atom. The van der Waals surface area contributed by atoms with Crippen LogP contribution in [-0.4, -0.2) is 24.2 Å². The first-order chi connectivity index (χ1) is 17.4. The summed E-state index contributed by atoms with van der Waals surface area (Å²) >= 11 is 1.26. The second kappa shape index (κ2) is 11.1. The van der Waals surface area contributed by atoms with Crippen molar-refractivity contribution in [3.05, 3.63) is 106 Å². The second-order valence-electron chi connectivity index (χ2n) is 8.57. The molecule has 1 aliphatic heterocycles. The molecular weight excluding hydrogens is 470 g/mol. The van der Waals surface area contributed by atoms with E-state index in [-0.39, 0.29) is 17.5 Å². The third kappa shape index (κ3) is 5.45. The van der Waals surface area contributed by atoms with Crippen LogP contribution >= 0.6 is 11.8 Å². The third-order valence-electron chi connectivity index (χ3n) is 6.03. The molecule has 36 heavy (non-hydrogen) atoms. The molecule has 3 aromatic carbocycles. The van der Waals surface area contributed by atoms with Gasteiger partial charge in [0, 0.05) is 5.69 Å². The molecule has 2 atom stereocenters. The van der Waals surface area contributed by atoms with Gasteiger partial charge in [0.25, 0.3) is 5.91 Å². The molecule has 0 aromatic heterocycles. The summed E-state index contributed by atoms with van der Waals surface area (Å²) < 4.78 is 5.25. The number of amides is 2. The van der Waals surface area contributed by atoms with Crippen LogP contribution in [0.25, 0.3) is 0 Å². The van der Waals surface area contributed by atoms with Crippen LogP contribution in [0, 0.1) is 18.3 Å². The van der Waals surface area contributed by atoms with Crippen LogP contribution in [0.5, 0.6) is 5.75 Å². The first kappa shape index (κ1) is 25.1. The molecule has 1 saturated heterocycles. The predicted octanol–water partition coefficient (Wildman–Crippen LogP) is 5.31. The fourth-order valence-corrected chi connectivity index (χ4v) is 5.29. The summed E-state index contributed by atoms with van der Waals surface area (Å²) in [6.07, 6.45) is 0.487. The summed E-state index contributed by atoms with van der Waals surface area (Å²) in [7, 11) is 1.57. The number of aryl methyl sites for hydroxylation is 1. The Balaban J connectivity index is 1.69. The van der Waals surface area contributed by atoms with Crippen LogP contribution in [-0.2, 0) is 16.0 Å². The lowest BCUT2D eigenvalue weighted by Crippen LogP contribution is -2.32. The molecule has 7 heteroatoms. The molecule has 3 aromatic rings. The minimum Gasteiger partial charge on any atom is -0.497 e. The molecule has 4 rings (SSSR count). The lowest BCUT2D eigenvalue weighted by atomic mass is 10.1. The number of hydrogen-bond donors (Lipinski definition) is 1. The molecule has 0 radical (unpaired) electrons. The number of rotatable bonds is 7. The van der Waals surface area contributed by atoms with Gasteiger partial charge in [0.15, 0.2) is 0 Å². The number of nitriles is 1. The monoisotopic (exact) mass is 497 g/mol. The highest BCUT2D eigenvalue weighted by Crippen LogP contribution is 2.42. The van der Waals surface area contributed by atoms with E-state index in [0.29, 0.717) is 22.9 Å². The van der Waals surface area contributed by atoms with Gasteiger partial charge in [0.1, 0.15) is 22.4 Å². The highest BCUT2D eigenvalue weighted by Gasteiger charge is 2.41. The summed E-state index contributed by atoms with van der Waals surface area (Å²) in [4.78, 5) is 28.4. The third-order valence-corrected chi connectivity index (χ3v) is 7.29. The van der Waals surface area contributed by atoms with Gasteiger partial charge in [-0.1, -0.05) is 71.9 Å². The number of benzene rings is 3. The average Bonchev–Trinajstić information content (AvgIpc) is 3.21. The van der Waals surface area contributed by atoms with Crippen molar-refractivity contribution < 1.29 is 14.3 Å². The van der Waals surface area contributed by atoms with E-state index < -0.39 is 11.2 Å². The topological polar surface area (TPSA) is 82.4 Å². The van der Waals surface area contributed by atoms with Gasteiger partial charge in [0.2, 0.25) is 5.91 Å². The van der Waals surface area contributed by atoms with E-state index >= 15 is 0 Å². The van der Waals surface area contributed by atoms with Gasteiger partial charge in [-0.3, -0.25) is 14.5 Å². The van der Waals surface area contributed by atoms with E-state index in [1.807, 2.05) is 68.4 Å². The minimum absolute atomic E-state index is 0.0849. The fourth-order valence-electron chi connectivity index (χ4n) is 3.99. The number of hydrogen-bond acceptors (Lipinski definition) is 5. The van der Waals surface area contributed by atoms with Gasteiger partial charge in [-0.05, 0) is 55.7 Å². The second-order valence-corrected chi connectivity index (χ2v) is 9.76. The molecule has 0 bridgehead atoms. The zero-order chi connectivity index (χ0) is 25.7. The van der Waals surface area contributed by atoms with Gasteiger partial charge in [-0.15, -0.1) is 0 Å². The summed E-state index contributed by atoms with van der Waals surface area (Å²) in [5.41, 5.74) is 3.57. The van der Waals surface area contributed by atoms with E-state index in [2.05, 4.69) is 11.4 Å². The van der Waals surface area contributed by atoms with Crippen LogP contribution in [0.2, 0.25) is 0 Å². The number of carbonyl (C=O) groups excluding carboxylic acids is 2. The van der Waals surface area contributed by atoms with Crippen molar-refractivity contribution in [2.75, 3.05) is 12.0 Å². The normalized spacial score (nSPS) is 17.3. The van der Waals surface area contributed by atoms with E-state index in [1.54, 1.807) is 31.4 Å². The van der Waals surface area contributed by atoms with E-state index in [9.17, 15) is 14.9 Å². The van der Waals surface area contributed by atoms with Gasteiger partial charge in [0.05, 0.1) is 18.4 Å². The smallest absolute Gasteiger partial charge is 0.265 e. The Labute approximate surface area is 215 Å². The number of nitrogens with zero attached hydrogens (tertiary/aromatic N) is 2. The molecule has 0 saturated carbocycles. The van der Waals surface area contributed by atoms with Crippen LogP contribution in [0.15, 0.2) is 89.5 Å². The van der Waals surface area contributed by atoms with Crippen molar-refractivity contribution in [1.82, 2.24) is 5.32 Å². The molecule has 1 fully saturated rings. The lowest BCUT2D eigenvalue weighted by molar-refractivity contribution is -0.117. The number of anilines is 1. The number of carbonyl (C=O) groups is 2. The van der Waals surface area contributed by atoms with Crippen LogP contribution < -0.4 is 15.0 Å². The summed E-state index contributed by atoms with van der Waals surface area (Å²) in [6, 6.07) is 26.3. The molecule has 2 unspecified atom stereocenters. The highest BCUT2D eigenvalue weighted by atomic mass is 32.2. The van der Waals surface area contributed by atoms with E-state index in [4.69, 9.17) is 4.74 Å². The van der Waals surface area contributed by atoms with E-state index in [0.717, 1.165) is 16.7 Å². The molecular formula is C29H27N3O3S. The molecule has 6 nitrogen and oxygen atoms in total. The van der Waals surface area contributed by atoms with Crippen molar-refractivity contribution in [3.8, 4) is 11.8 Å². The maximum atomic E-state index is 13.6. The largest absolute Gasteiger partial charge is 0.497 e. The number of thioether (sulfide) groups is 1. The SMILES string of the molecule is COc1ccc(N2C(=O)C(Cc3ccc(C)cc3)S/C2=C(/C#N)C(=O)NC(C)c2ccccc2)cc1. The van der Waals surface area contributed by atoms with Crippen molar-refractivity contribution >= 4 is 29.3 Å². The van der Waals surface area contributed by atoms with Crippen molar-refractivity contribution in [2.45, 2.75) is 31.6 Å². The summed E-state index contributed by atoms with van der Waals surface area (Å²) in [5.74, 6) is -0.0363. The number of ether oxygens (including phenoxy) is 1. The standard InChI is InChI=1S/C29H27N3O3S/c1-19-9-11-21(12-10-19)17-26-28(34)32(23-13-15-24(35-3)16-14-23)29(36-26)25(18-30)27(33)31-20(2)22-7-5-4-6-8-22/h4-16,20,26H,17H2,1-3H3,(H,31,33)/b29-25-. The predicted molar refractivity (Wildman–Crippen MR) is 142 cm³/mol. The Morgan fingerprint density at radius 3 is 2.36 bits per heavy atom. The quantitative estimate of drug-likeness (QED) is 0.353. The Morgan fingerprint density at radius 1 is 1.08 bits per heavy atom. The Kier molecular flexibility index (Phi) is 7.77. The van der Waals surface area contributed by atoms with Crippen LogP contribution in [0.4, 0.5) is 5.69 Å². The molecule has 0 aliphatic carbocycles. The van der Waals surface area contributed by atoms with Crippen LogP contribution in [0.3, 0.4) is 0 Å². The summed E-state index contributed by atoms with van der Waals surface area (Å²) in [5, 5.41) is 12.8. The minimum atomic E-state index is -0.515. The van der Waals surface area contributed by atoms with Crippen molar-refractivity contribution in [3.63, 3.8) is 0 Å². The molecule has 2 amide bonds. The van der Waals surface area contributed by atoms with Gasteiger partial charge >= 0.3 is 0 Å². The lowest BCUT2D eigenvalue weighted by Gasteiger charge is -2.20. The average molecular weight is 498 g/mol. The van der Waals surface area contributed by atoms with Crippen molar-refractivity contribution in [2.24, 2.45) is 0 Å². The van der Waals surface area contributed by atoms with E-state index in [1.165, 1.54) is 16.7 Å². The maximum Gasteiger partial charge on any atom is 0.265 e. The first-order valence-electron chi connectivity index (χ1n) is 11.6. The van der Waals surface area contributed by atoms with Gasteiger partial charge < -0.3 is 10.1 Å². The summed E-state index contributed by atoms with van der Waals surface area (Å²) in [6.45, 7) is 3.88. The van der Waals surface area contributed by atoms with Gasteiger partial charge in [-0.25, -0.2) is 0 Å². The van der Waals surface area contributed by atoms with Crippen LogP contribution in [0.1, 0.15) is 29.7 Å². The van der Waals surface area contributed by atoms with Crippen molar-refractivity contribution in [1.29, 1.82) is 5.26 Å². The fraction of sp³-hybridized carbons (Fsp3) is 0.207. The molecule has 0 spiro atoms. The maximum absolute atomic E-state index is 13.6. The van der Waals surface area contributed by atoms with Gasteiger partial charge in [-0.2, -0.15) is 5.26 Å². The zero-order valence-electron chi connectivity index (χ0n) is 20.4. The Hall–Kier alpha value is -4.02.